The minimum Gasteiger partial charge on any atom is -0.481 e. The number of alkyl halides is 3. The Morgan fingerprint density at radius 3 is 2.10 bits per heavy atom. The Morgan fingerprint density at radius 1 is 1.12 bits per heavy atom. The first-order valence-electron chi connectivity index (χ1n) is 15.9. The van der Waals surface area contributed by atoms with Gasteiger partial charge in [-0.15, -0.1) is 0 Å². The maximum absolute atomic E-state index is 12.6. The van der Waals surface area contributed by atoms with Gasteiger partial charge in [-0.2, -0.15) is 36.7 Å². The number of ether oxygens (including phenoxy) is 2. The number of methoxy groups -OCH3 is 2. The zero-order chi connectivity index (χ0) is 45.9. The third-order valence-electron chi connectivity index (χ3n) is 6.92. The second-order valence-corrected chi connectivity index (χ2v) is 16.7. The first-order valence-corrected chi connectivity index (χ1v) is 20.5. The average molecular weight is 933 g/mol. The van der Waals surface area contributed by atoms with Crippen molar-refractivity contribution in [3.8, 4) is 17.4 Å². The van der Waals surface area contributed by atoms with Crippen LogP contribution < -0.4 is 31.0 Å². The maximum atomic E-state index is 12.6. The van der Waals surface area contributed by atoms with Crippen LogP contribution >= 0.6 is 30.6 Å². The number of nitrogen functional groups attached to an aromatic ring is 1. The Kier molecular flexibility index (Phi) is 17.5. The van der Waals surface area contributed by atoms with E-state index in [1.165, 1.54) is 64.3 Å². The van der Waals surface area contributed by atoms with Gasteiger partial charge in [0.1, 0.15) is 17.9 Å². The average Bonchev–Trinajstić information content (AvgIpc) is 3.53. The van der Waals surface area contributed by atoms with Crippen molar-refractivity contribution in [3.63, 3.8) is 0 Å². The molecule has 3 aromatic heterocycles. The van der Waals surface area contributed by atoms with Gasteiger partial charge in [0, 0.05) is 33.1 Å². The van der Waals surface area contributed by atoms with Gasteiger partial charge in [0.15, 0.2) is 12.4 Å². The number of halogens is 5. The number of benzene rings is 1. The highest BCUT2D eigenvalue weighted by atomic mass is 35.5. The smallest absolute Gasteiger partial charge is 0.416 e. The van der Waals surface area contributed by atoms with Crippen LogP contribution in [0.4, 0.5) is 35.4 Å². The Balaban J connectivity index is 0.000000340. The van der Waals surface area contributed by atoms with E-state index in [2.05, 4.69) is 25.4 Å². The van der Waals surface area contributed by atoms with E-state index in [0.29, 0.717) is 12.1 Å². The number of pyridine rings is 1. The van der Waals surface area contributed by atoms with Crippen molar-refractivity contribution < 1.29 is 64.9 Å². The van der Waals surface area contributed by atoms with E-state index in [0.717, 1.165) is 10.9 Å². The van der Waals surface area contributed by atoms with Gasteiger partial charge in [-0.05, 0) is 30.7 Å². The van der Waals surface area contributed by atoms with E-state index in [-0.39, 0.29) is 51.6 Å². The number of nitrogens with zero attached hydrogens (tertiary/aromatic N) is 7. The summed E-state index contributed by atoms with van der Waals surface area (Å²) >= 11 is 11.5. The van der Waals surface area contributed by atoms with Crippen LogP contribution in [-0.4, -0.2) is 118 Å². The molecule has 0 radical (unpaired) electrons. The molecule has 3 heterocycles. The Labute approximate surface area is 347 Å². The zero-order valence-corrected chi connectivity index (χ0v) is 34.8. The fraction of sp³-hybridized carbons (Fsp3) is 0.300. The number of carbonyl (C=O) groups is 3. The van der Waals surface area contributed by atoms with Gasteiger partial charge in [0.2, 0.25) is 23.5 Å². The van der Waals surface area contributed by atoms with Gasteiger partial charge < -0.3 is 35.8 Å². The van der Waals surface area contributed by atoms with E-state index in [1.807, 2.05) is 0 Å². The van der Waals surface area contributed by atoms with Crippen molar-refractivity contribution >= 4 is 76.0 Å². The van der Waals surface area contributed by atoms with E-state index >= 15 is 0 Å². The molecule has 0 saturated heterocycles. The number of nitro groups is 1. The van der Waals surface area contributed by atoms with Gasteiger partial charge in [-0.1, -0.05) is 23.2 Å². The monoisotopic (exact) mass is 931 g/mol. The van der Waals surface area contributed by atoms with E-state index < -0.39 is 74.5 Å². The van der Waals surface area contributed by atoms with Crippen molar-refractivity contribution in [2.45, 2.75) is 23.7 Å². The molecule has 0 aliphatic carbocycles. The lowest BCUT2D eigenvalue weighted by Gasteiger charge is -2.14. The molecular formula is C30H35Cl2F3N11O12PS. The molecule has 30 heteroatoms. The first kappa shape index (κ1) is 50.3. The number of aromatic nitrogens is 5. The molecule has 0 aliphatic rings. The number of carboxylic acid groups (broad SMARTS) is 1. The molecule has 4 rings (SSSR count). The highest BCUT2D eigenvalue weighted by molar-refractivity contribution is 7.90. The third-order valence-corrected chi connectivity index (χ3v) is 9.88. The fourth-order valence-corrected chi connectivity index (χ4v) is 6.52. The number of aliphatic carboxylic acids is 1. The van der Waals surface area contributed by atoms with Crippen molar-refractivity contribution in [1.82, 2.24) is 34.4 Å². The number of nitrogens with two attached hydrogens (primary N) is 2. The number of urea groups is 1. The number of carboxylic acids is 1. The molecule has 4 aromatic rings. The van der Waals surface area contributed by atoms with E-state index in [9.17, 15) is 50.7 Å². The highest BCUT2D eigenvalue weighted by Crippen LogP contribution is 2.39. The van der Waals surface area contributed by atoms with Gasteiger partial charge >= 0.3 is 23.9 Å². The van der Waals surface area contributed by atoms with Crippen LogP contribution in [0.2, 0.25) is 10.0 Å². The van der Waals surface area contributed by atoms with Gasteiger partial charge in [0.25, 0.3) is 15.9 Å². The Morgan fingerprint density at radius 2 is 1.67 bits per heavy atom. The van der Waals surface area contributed by atoms with Crippen LogP contribution in [0.3, 0.4) is 0 Å². The molecule has 2 atom stereocenters. The number of sulfonamides is 1. The van der Waals surface area contributed by atoms with Crippen LogP contribution in [-0.2, 0) is 25.6 Å². The summed E-state index contributed by atoms with van der Waals surface area (Å²) in [6.45, 7) is 1.18. The summed E-state index contributed by atoms with van der Waals surface area (Å²) in [6.07, 6.45) is -2.60. The number of carbonyl (C=O) groups excluding carboxylic acids is 2. The predicted octanol–water partition coefficient (Wildman–Crippen LogP) is 3.48. The summed E-state index contributed by atoms with van der Waals surface area (Å²) in [5, 5.41) is 23.4. The summed E-state index contributed by atoms with van der Waals surface area (Å²) in [6, 6.07) is 3.14. The van der Waals surface area contributed by atoms with Gasteiger partial charge in [-0.3, -0.25) is 29.6 Å². The summed E-state index contributed by atoms with van der Waals surface area (Å²) in [5.41, 5.74) is 8.69. The minimum atomic E-state index is -4.63. The quantitative estimate of drug-likeness (QED) is 0.0673. The molecule has 23 nitrogen and oxygen atoms in total. The molecule has 1 aromatic carbocycles. The zero-order valence-electron chi connectivity index (χ0n) is 31.5. The van der Waals surface area contributed by atoms with Gasteiger partial charge in [0.05, 0.1) is 46.4 Å². The maximum Gasteiger partial charge on any atom is 0.416 e. The standard InChI is InChI=1S/C15H18N6O6S.C10H5Cl2F3N4O2.C5H12NO4P/c1-21(2)13(22)9-6-5-7-16-12(9)28(24,25)20-15(23)19-14-17-10(26-3)8-11(18-14)27-4;11-5-1-4(10(13,14)15)2-6(12)8(5)18-9(16)7(3-17-18)19(20)21;1-11(9,10)3-2-4(6)5(7)8/h5-8H,1-4H3,(H2,17,18,19,20,23);1-3H,16H2;4H,2-3,6H2,1H3,(H,7,8)(H,9,10). The molecule has 0 bridgehead atoms. The van der Waals surface area contributed by atoms with Crippen molar-refractivity contribution in [1.29, 1.82) is 0 Å². The number of nitrogens with one attached hydrogen (secondary N) is 2. The van der Waals surface area contributed by atoms with Crippen LogP contribution in [0, 0.1) is 10.1 Å². The largest absolute Gasteiger partial charge is 0.481 e. The molecule has 328 valence electrons. The molecule has 3 amide bonds. The molecule has 8 N–H and O–H groups in total. The third kappa shape index (κ3) is 14.5. The molecule has 0 aliphatic heterocycles. The van der Waals surface area contributed by atoms with Crippen molar-refractivity contribution in [3.05, 3.63) is 74.0 Å². The molecule has 0 saturated carbocycles. The Bertz CT molecular complexity index is 2340. The van der Waals surface area contributed by atoms with Crippen LogP contribution in [0.5, 0.6) is 11.8 Å². The minimum absolute atomic E-state index is 0.0412. The summed E-state index contributed by atoms with van der Waals surface area (Å²) in [4.78, 5) is 65.7. The van der Waals surface area contributed by atoms with Crippen molar-refractivity contribution in [2.24, 2.45) is 5.73 Å². The molecule has 0 spiro atoms. The summed E-state index contributed by atoms with van der Waals surface area (Å²) in [5.74, 6) is -2.20. The van der Waals surface area contributed by atoms with E-state index in [1.54, 1.807) is 4.72 Å². The summed E-state index contributed by atoms with van der Waals surface area (Å²) in [7, 11) is -1.95. The lowest BCUT2D eigenvalue weighted by Crippen LogP contribution is -2.36. The lowest BCUT2D eigenvalue weighted by atomic mass is 10.2. The molecule has 0 fully saturated rings. The number of hydrogen-bond donors (Lipinski definition) is 6. The van der Waals surface area contributed by atoms with Crippen LogP contribution in [0.25, 0.3) is 5.69 Å². The number of rotatable bonds is 12. The normalized spacial score (nSPS) is 12.5. The first-order chi connectivity index (χ1) is 27.6. The highest BCUT2D eigenvalue weighted by Gasteiger charge is 2.33. The molecule has 2 unspecified atom stereocenters. The molecule has 60 heavy (non-hydrogen) atoms. The number of hydrogen-bond acceptors (Lipinski definition) is 16. The lowest BCUT2D eigenvalue weighted by molar-refractivity contribution is -0.383. The topological polar surface area (TPSA) is 340 Å². The second kappa shape index (κ2) is 20.9. The van der Waals surface area contributed by atoms with Gasteiger partial charge in [-0.25, -0.2) is 19.2 Å². The number of anilines is 2. The summed E-state index contributed by atoms with van der Waals surface area (Å²) < 4.78 is 86.0. The SMILES string of the molecule is COc1cc(OC)nc(NC(=O)NS(=O)(=O)c2ncccc2C(=O)N(C)C)n1.CP(=O)(O)CCC(N)C(=O)O.Nc1c([N+](=O)[O-])cnn1-c1c(Cl)cc(C(F)(F)F)cc1Cl. The fourth-order valence-electron chi connectivity index (χ4n) is 4.08. The molecular weight excluding hydrogens is 897 g/mol. The predicted molar refractivity (Wildman–Crippen MR) is 207 cm³/mol. The number of amides is 3. The Hall–Kier alpha value is -5.86. The van der Waals surface area contributed by atoms with Crippen LogP contribution in [0.1, 0.15) is 22.3 Å². The second-order valence-electron chi connectivity index (χ2n) is 11.8. The van der Waals surface area contributed by atoms with E-state index in [4.69, 9.17) is 54.1 Å². The van der Waals surface area contributed by atoms with Crippen molar-refractivity contribution in [2.75, 3.05) is 52.2 Å². The van der Waals surface area contributed by atoms with Crippen LogP contribution in [0.15, 0.2) is 47.8 Å².